The highest BCUT2D eigenvalue weighted by molar-refractivity contribution is 14.2. The summed E-state index contributed by atoms with van der Waals surface area (Å²) >= 11 is 2.17. The topological polar surface area (TPSA) is 39.1 Å². The predicted molar refractivity (Wildman–Crippen MR) is 84.9 cm³/mol. The molecule has 1 atom stereocenters. The van der Waals surface area contributed by atoms with Crippen molar-refractivity contribution >= 4 is 50.1 Å². The van der Waals surface area contributed by atoms with Crippen LogP contribution in [0.15, 0.2) is 11.1 Å². The third-order valence-corrected chi connectivity index (χ3v) is 6.59. The van der Waals surface area contributed by atoms with Crippen molar-refractivity contribution in [1.82, 2.24) is 3.97 Å². The Balaban J connectivity index is 2.42. The van der Waals surface area contributed by atoms with Crippen LogP contribution in [0.1, 0.15) is 37.4 Å². The van der Waals surface area contributed by atoms with Crippen molar-refractivity contribution in [2.75, 3.05) is 0 Å². The second-order valence-electron chi connectivity index (χ2n) is 4.65. The maximum absolute atomic E-state index is 11.6. The summed E-state index contributed by atoms with van der Waals surface area (Å²) in [6.07, 6.45) is 6.91. The largest absolute Gasteiger partial charge is 0.286 e. The average molecular weight is 420 g/mol. The Bertz CT molecular complexity index is 541. The normalized spacial score (nSPS) is 19.8. The lowest BCUT2D eigenvalue weighted by Gasteiger charge is -2.23. The molecule has 18 heavy (non-hydrogen) atoms. The van der Waals surface area contributed by atoms with Crippen molar-refractivity contribution in [2.24, 2.45) is 5.92 Å². The van der Waals surface area contributed by atoms with E-state index in [4.69, 9.17) is 10.7 Å². The second-order valence-corrected chi connectivity index (χ2v) is 8.90. The molecule has 0 N–H and O–H groups in total. The molecule has 0 radical (unpaired) electrons. The first-order valence-corrected chi connectivity index (χ1v) is 11.6. The van der Waals surface area contributed by atoms with Crippen LogP contribution in [0.5, 0.6) is 0 Å². The van der Waals surface area contributed by atoms with Gasteiger partial charge in [-0.05, 0) is 30.7 Å². The highest BCUT2D eigenvalue weighted by atomic mass is 127. The third-order valence-electron chi connectivity index (χ3n) is 3.46. The van der Waals surface area contributed by atoms with Crippen molar-refractivity contribution in [3.63, 3.8) is 0 Å². The number of halogens is 2. The molecule has 1 aliphatic rings. The summed E-state index contributed by atoms with van der Waals surface area (Å²) in [6.45, 7) is 2.19. The lowest BCUT2D eigenvalue weighted by Crippen LogP contribution is -2.15. The van der Waals surface area contributed by atoms with E-state index in [1.807, 2.05) is 3.97 Å². The van der Waals surface area contributed by atoms with E-state index in [0.717, 1.165) is 30.5 Å². The highest BCUT2D eigenvalue weighted by Gasteiger charge is 2.29. The number of fused-ring (bicyclic) bond motifs is 1. The maximum Gasteiger partial charge on any atom is 0.263 e. The maximum atomic E-state index is 11.6. The van der Waals surface area contributed by atoms with Gasteiger partial charge in [-0.25, -0.2) is 8.42 Å². The van der Waals surface area contributed by atoms with Crippen LogP contribution >= 0.6 is 41.0 Å². The zero-order chi connectivity index (χ0) is 13.3. The van der Waals surface area contributed by atoms with E-state index in [9.17, 15) is 8.42 Å². The van der Waals surface area contributed by atoms with Gasteiger partial charge in [0.2, 0.25) is 0 Å². The Hall–Kier alpha value is 0.600. The van der Waals surface area contributed by atoms with Crippen LogP contribution in [0.2, 0.25) is 0 Å². The van der Waals surface area contributed by atoms with Crippen LogP contribution in [0, 0.1) is 5.92 Å². The minimum Gasteiger partial charge on any atom is -0.286 e. The molecule has 1 aromatic rings. The fraction of sp³-hybridized carbons (Fsp3) is 0.636. The molecule has 1 aliphatic carbocycles. The Morgan fingerprint density at radius 3 is 2.89 bits per heavy atom. The molecular formula is C11H15ClINO2S2. The van der Waals surface area contributed by atoms with Crippen LogP contribution < -0.4 is 0 Å². The summed E-state index contributed by atoms with van der Waals surface area (Å²) in [5.41, 5.74) is 2.07. The molecule has 0 saturated heterocycles. The third kappa shape index (κ3) is 3.02. The van der Waals surface area contributed by atoms with Gasteiger partial charge in [-0.3, -0.25) is 3.97 Å². The summed E-state index contributed by atoms with van der Waals surface area (Å²) < 4.78 is 25.1. The number of hydrogen-bond acceptors (Lipinski definition) is 3. The van der Waals surface area contributed by atoms with Gasteiger partial charge in [0, 0.05) is 52.9 Å². The number of rotatable bonds is 4. The molecular weight excluding hydrogens is 405 g/mol. The zero-order valence-electron chi connectivity index (χ0n) is 10.0. The molecule has 0 fully saturated rings. The van der Waals surface area contributed by atoms with Gasteiger partial charge >= 0.3 is 0 Å². The second kappa shape index (κ2) is 5.93. The molecule has 1 heterocycles. The van der Waals surface area contributed by atoms with E-state index in [0.29, 0.717) is 10.8 Å². The molecule has 3 nitrogen and oxygen atoms in total. The molecule has 0 spiro atoms. The van der Waals surface area contributed by atoms with Crippen LogP contribution in [-0.4, -0.2) is 12.4 Å². The van der Waals surface area contributed by atoms with Crippen molar-refractivity contribution in [1.29, 1.82) is 0 Å². The van der Waals surface area contributed by atoms with Crippen molar-refractivity contribution in [2.45, 2.75) is 43.9 Å². The minimum absolute atomic E-state index is 0.304. The molecule has 0 saturated carbocycles. The van der Waals surface area contributed by atoms with Gasteiger partial charge in [-0.15, -0.1) is 0 Å². The van der Waals surface area contributed by atoms with Gasteiger partial charge in [-0.2, -0.15) is 0 Å². The molecule has 1 unspecified atom stereocenters. The lowest BCUT2D eigenvalue weighted by atomic mass is 9.85. The summed E-state index contributed by atoms with van der Waals surface area (Å²) in [7, 11) is 3.39. The van der Waals surface area contributed by atoms with Crippen molar-refractivity contribution in [3.8, 4) is 0 Å². The molecule has 1 aromatic heterocycles. The molecule has 7 heteroatoms. The van der Waals surface area contributed by atoms with E-state index in [1.54, 1.807) is 6.20 Å². The van der Waals surface area contributed by atoms with Gasteiger partial charge in [0.25, 0.3) is 9.05 Å². The highest BCUT2D eigenvalue weighted by Crippen LogP contribution is 2.37. The summed E-state index contributed by atoms with van der Waals surface area (Å²) in [5.74, 6) is 0.672. The average Bonchev–Trinajstić information content (AvgIpc) is 2.67. The molecule has 0 aromatic carbocycles. The first kappa shape index (κ1) is 15.0. The zero-order valence-corrected chi connectivity index (χ0v) is 14.6. The Morgan fingerprint density at radius 1 is 1.61 bits per heavy atom. The lowest BCUT2D eigenvalue weighted by molar-refractivity contribution is 0.416. The molecule has 0 amide bonds. The quantitative estimate of drug-likeness (QED) is 0.543. The number of hydrogen-bond donors (Lipinski definition) is 0. The van der Waals surface area contributed by atoms with Gasteiger partial charge in [0.05, 0.1) is 0 Å². The standard InChI is InChI=1S/C11H15ClINO2S2/c1-2-3-8-4-5-9-10(6-8)14(17-13)7-11(9)18(12,15)16/h7-8H,2-6H2,1H3. The monoisotopic (exact) mass is 419 g/mol. The fourth-order valence-electron chi connectivity index (χ4n) is 2.67. The number of nitrogens with zero attached hydrogens (tertiary/aromatic N) is 1. The summed E-state index contributed by atoms with van der Waals surface area (Å²) in [6, 6.07) is 0. The van der Waals surface area contributed by atoms with Crippen LogP contribution in [-0.2, 0) is 21.9 Å². The molecule has 0 bridgehead atoms. The number of aromatic nitrogens is 1. The first-order valence-electron chi connectivity index (χ1n) is 5.94. The summed E-state index contributed by atoms with van der Waals surface area (Å²) in [5, 5.41) is 0. The smallest absolute Gasteiger partial charge is 0.263 e. The van der Waals surface area contributed by atoms with E-state index in [-0.39, 0.29) is 0 Å². The van der Waals surface area contributed by atoms with Crippen molar-refractivity contribution in [3.05, 3.63) is 17.5 Å². The summed E-state index contributed by atoms with van der Waals surface area (Å²) in [4.78, 5) is 0.304. The van der Waals surface area contributed by atoms with Crippen molar-refractivity contribution < 1.29 is 8.42 Å². The van der Waals surface area contributed by atoms with Gasteiger partial charge in [-0.1, -0.05) is 19.8 Å². The van der Waals surface area contributed by atoms with Crippen LogP contribution in [0.3, 0.4) is 0 Å². The Kier molecular flexibility index (Phi) is 4.94. The van der Waals surface area contributed by atoms with Crippen LogP contribution in [0.4, 0.5) is 0 Å². The molecule has 0 aliphatic heterocycles. The predicted octanol–water partition coefficient (Wildman–Crippen LogP) is 4.17. The van der Waals surface area contributed by atoms with E-state index >= 15 is 0 Å². The van der Waals surface area contributed by atoms with Gasteiger partial charge in [0.15, 0.2) is 0 Å². The minimum atomic E-state index is -3.63. The van der Waals surface area contributed by atoms with E-state index in [2.05, 4.69) is 28.1 Å². The Morgan fingerprint density at radius 2 is 2.33 bits per heavy atom. The fourth-order valence-corrected chi connectivity index (χ4v) is 5.35. The van der Waals surface area contributed by atoms with E-state index in [1.165, 1.54) is 22.0 Å². The van der Waals surface area contributed by atoms with E-state index < -0.39 is 9.05 Å². The SMILES string of the molecule is CCCC1CCc2c(S(=O)(=O)Cl)cn(SI)c2C1. The molecule has 2 rings (SSSR count). The first-order chi connectivity index (χ1) is 8.47. The Labute approximate surface area is 129 Å². The van der Waals surface area contributed by atoms with Gasteiger partial charge in [0.1, 0.15) is 4.90 Å². The van der Waals surface area contributed by atoms with Crippen LogP contribution in [0.25, 0.3) is 0 Å². The molecule has 102 valence electrons. The van der Waals surface area contributed by atoms with Gasteiger partial charge < -0.3 is 0 Å².